The summed E-state index contributed by atoms with van der Waals surface area (Å²) < 4.78 is 0. The average molecular weight is 139 g/mol. The molecule has 0 spiro atoms. The lowest BCUT2D eigenvalue weighted by molar-refractivity contribution is -0.107. The fourth-order valence-electron chi connectivity index (χ4n) is 0.664. The SMILES string of the molecule is C=C=C(CCCC=O)NC. The van der Waals surface area contributed by atoms with Gasteiger partial charge in [0.25, 0.3) is 0 Å². The number of allylic oxidation sites excluding steroid dienone is 1. The highest BCUT2D eigenvalue weighted by molar-refractivity contribution is 5.49. The van der Waals surface area contributed by atoms with Crippen LogP contribution in [0.25, 0.3) is 0 Å². The molecule has 0 radical (unpaired) electrons. The molecule has 1 N–H and O–H groups in total. The van der Waals surface area contributed by atoms with E-state index in [1.807, 2.05) is 7.05 Å². The van der Waals surface area contributed by atoms with Crippen LogP contribution in [0.5, 0.6) is 0 Å². The number of nitrogens with one attached hydrogen (secondary N) is 1. The molecule has 0 unspecified atom stereocenters. The number of hydrogen-bond acceptors (Lipinski definition) is 2. The summed E-state index contributed by atoms with van der Waals surface area (Å²) in [5.41, 5.74) is 3.72. The van der Waals surface area contributed by atoms with E-state index in [2.05, 4.69) is 17.6 Å². The molecule has 0 rings (SSSR count). The Morgan fingerprint density at radius 1 is 1.80 bits per heavy atom. The zero-order valence-electron chi connectivity index (χ0n) is 6.31. The van der Waals surface area contributed by atoms with Gasteiger partial charge in [0.05, 0.1) is 5.70 Å². The van der Waals surface area contributed by atoms with Gasteiger partial charge < -0.3 is 10.1 Å². The number of hydrogen-bond donors (Lipinski definition) is 1. The van der Waals surface area contributed by atoms with Crippen LogP contribution in [-0.4, -0.2) is 13.3 Å². The van der Waals surface area contributed by atoms with E-state index in [0.717, 1.165) is 24.8 Å². The topological polar surface area (TPSA) is 29.1 Å². The zero-order valence-corrected chi connectivity index (χ0v) is 6.31. The highest BCUT2D eigenvalue weighted by Crippen LogP contribution is 1.99. The molecule has 0 aromatic carbocycles. The van der Waals surface area contributed by atoms with E-state index in [1.165, 1.54) is 0 Å². The van der Waals surface area contributed by atoms with Gasteiger partial charge in [-0.05, 0) is 12.8 Å². The van der Waals surface area contributed by atoms with Gasteiger partial charge in [0.2, 0.25) is 0 Å². The molecule has 2 heteroatoms. The maximum atomic E-state index is 9.90. The number of rotatable bonds is 5. The predicted octanol–water partition coefficient (Wildman–Crippen LogP) is 1.24. The maximum Gasteiger partial charge on any atom is 0.120 e. The zero-order chi connectivity index (χ0) is 7.82. The molecule has 0 bridgehead atoms. The van der Waals surface area contributed by atoms with Gasteiger partial charge in [-0.15, -0.1) is 5.73 Å². The monoisotopic (exact) mass is 139 g/mol. The molecule has 0 saturated carbocycles. The summed E-state index contributed by atoms with van der Waals surface area (Å²) in [6.45, 7) is 3.50. The van der Waals surface area contributed by atoms with E-state index in [1.54, 1.807) is 0 Å². The van der Waals surface area contributed by atoms with Crippen LogP contribution in [0.1, 0.15) is 19.3 Å². The molecular weight excluding hydrogens is 126 g/mol. The average Bonchev–Trinajstić information content (AvgIpc) is 1.99. The summed E-state index contributed by atoms with van der Waals surface area (Å²) in [6.07, 6.45) is 3.28. The third-order valence-electron chi connectivity index (χ3n) is 1.26. The predicted molar refractivity (Wildman–Crippen MR) is 41.6 cm³/mol. The minimum atomic E-state index is 0.618. The highest BCUT2D eigenvalue weighted by atomic mass is 16.1. The normalized spacial score (nSPS) is 8.10. The largest absolute Gasteiger partial charge is 0.385 e. The van der Waals surface area contributed by atoms with Gasteiger partial charge in [0.1, 0.15) is 6.29 Å². The molecule has 0 atom stereocenters. The molecule has 56 valence electrons. The van der Waals surface area contributed by atoms with Crippen molar-refractivity contribution in [3.05, 3.63) is 18.0 Å². The first kappa shape index (κ1) is 8.99. The minimum Gasteiger partial charge on any atom is -0.385 e. The molecule has 10 heavy (non-hydrogen) atoms. The van der Waals surface area contributed by atoms with E-state index >= 15 is 0 Å². The third-order valence-corrected chi connectivity index (χ3v) is 1.26. The van der Waals surface area contributed by atoms with Crippen LogP contribution in [0.4, 0.5) is 0 Å². The van der Waals surface area contributed by atoms with Crippen molar-refractivity contribution in [3.63, 3.8) is 0 Å². The second-order valence-corrected chi connectivity index (χ2v) is 1.96. The molecular formula is C8H13NO. The Kier molecular flexibility index (Phi) is 5.50. The molecule has 0 fully saturated rings. The van der Waals surface area contributed by atoms with Crippen molar-refractivity contribution in [1.82, 2.24) is 5.32 Å². The third kappa shape index (κ3) is 3.93. The Balaban J connectivity index is 3.46. The molecule has 0 saturated heterocycles. The molecule has 0 amide bonds. The van der Waals surface area contributed by atoms with Gasteiger partial charge in [-0.3, -0.25) is 0 Å². The van der Waals surface area contributed by atoms with Crippen molar-refractivity contribution >= 4 is 6.29 Å². The van der Waals surface area contributed by atoms with Crippen molar-refractivity contribution in [3.8, 4) is 0 Å². The Morgan fingerprint density at radius 2 is 2.50 bits per heavy atom. The van der Waals surface area contributed by atoms with Gasteiger partial charge >= 0.3 is 0 Å². The van der Waals surface area contributed by atoms with Gasteiger partial charge in [0, 0.05) is 13.5 Å². The number of aldehydes is 1. The molecule has 2 nitrogen and oxygen atoms in total. The molecule has 0 aliphatic heterocycles. The number of carbonyl (C=O) groups excluding carboxylic acids is 1. The minimum absolute atomic E-state index is 0.618. The smallest absolute Gasteiger partial charge is 0.120 e. The van der Waals surface area contributed by atoms with Gasteiger partial charge in [-0.25, -0.2) is 0 Å². The van der Waals surface area contributed by atoms with Crippen molar-refractivity contribution in [2.24, 2.45) is 0 Å². The fourth-order valence-corrected chi connectivity index (χ4v) is 0.664. The first-order valence-corrected chi connectivity index (χ1v) is 3.35. The molecule has 0 aromatic heterocycles. The summed E-state index contributed by atoms with van der Waals surface area (Å²) in [4.78, 5) is 9.90. The number of carbonyl (C=O) groups is 1. The lowest BCUT2D eigenvalue weighted by Gasteiger charge is -1.99. The number of unbranched alkanes of at least 4 members (excludes halogenated alkanes) is 1. The van der Waals surface area contributed by atoms with Crippen molar-refractivity contribution in [2.75, 3.05) is 7.05 Å². The quantitative estimate of drug-likeness (QED) is 0.353. The molecule has 0 aromatic rings. The van der Waals surface area contributed by atoms with Crippen LogP contribution in [0.2, 0.25) is 0 Å². The van der Waals surface area contributed by atoms with E-state index in [4.69, 9.17) is 0 Å². The van der Waals surface area contributed by atoms with Crippen LogP contribution < -0.4 is 5.32 Å². The first-order chi connectivity index (χ1) is 4.85. The van der Waals surface area contributed by atoms with Gasteiger partial charge in [-0.1, -0.05) is 6.58 Å². The lowest BCUT2D eigenvalue weighted by Crippen LogP contribution is -2.04. The van der Waals surface area contributed by atoms with Crippen molar-refractivity contribution < 1.29 is 4.79 Å². The van der Waals surface area contributed by atoms with E-state index in [-0.39, 0.29) is 0 Å². The Bertz CT molecular complexity index is 145. The fraction of sp³-hybridized carbons (Fsp3) is 0.500. The van der Waals surface area contributed by atoms with Crippen molar-refractivity contribution in [1.29, 1.82) is 0 Å². The second-order valence-electron chi connectivity index (χ2n) is 1.96. The van der Waals surface area contributed by atoms with Crippen LogP contribution in [0.15, 0.2) is 18.0 Å². The van der Waals surface area contributed by atoms with Gasteiger partial charge in [-0.2, -0.15) is 0 Å². The van der Waals surface area contributed by atoms with Crippen LogP contribution in [-0.2, 0) is 4.79 Å². The summed E-state index contributed by atoms with van der Waals surface area (Å²) >= 11 is 0. The summed E-state index contributed by atoms with van der Waals surface area (Å²) in [6, 6.07) is 0. The lowest BCUT2D eigenvalue weighted by atomic mass is 10.2. The Hall–Kier alpha value is -1.01. The van der Waals surface area contributed by atoms with E-state index in [9.17, 15) is 4.79 Å². The summed E-state index contributed by atoms with van der Waals surface area (Å²) in [7, 11) is 1.83. The molecule has 0 aliphatic rings. The van der Waals surface area contributed by atoms with Crippen LogP contribution in [0.3, 0.4) is 0 Å². The second kappa shape index (κ2) is 6.12. The first-order valence-electron chi connectivity index (χ1n) is 3.35. The molecule has 0 heterocycles. The maximum absolute atomic E-state index is 9.90. The van der Waals surface area contributed by atoms with E-state index in [0.29, 0.717) is 6.42 Å². The van der Waals surface area contributed by atoms with Crippen LogP contribution >= 0.6 is 0 Å². The highest BCUT2D eigenvalue weighted by Gasteiger charge is 1.90. The molecule has 0 aliphatic carbocycles. The standard InChI is InChI=1S/C8H13NO/c1-3-8(9-2)6-4-5-7-10/h7,9H,1,4-6H2,2H3. The Labute approximate surface area is 61.6 Å². The Morgan fingerprint density at radius 3 is 2.90 bits per heavy atom. The van der Waals surface area contributed by atoms with E-state index < -0.39 is 0 Å². The van der Waals surface area contributed by atoms with Crippen molar-refractivity contribution in [2.45, 2.75) is 19.3 Å². The van der Waals surface area contributed by atoms with Gasteiger partial charge in [0.15, 0.2) is 0 Å². The summed E-state index contributed by atoms with van der Waals surface area (Å²) in [5.74, 6) is 0. The summed E-state index contributed by atoms with van der Waals surface area (Å²) in [5, 5.41) is 2.94. The van der Waals surface area contributed by atoms with Crippen LogP contribution in [0, 0.1) is 0 Å².